The number of hydrogen-bond acceptors (Lipinski definition) is 6. The van der Waals surface area contributed by atoms with E-state index in [1.54, 1.807) is 6.07 Å². The van der Waals surface area contributed by atoms with Gasteiger partial charge in [-0.3, -0.25) is 4.79 Å². The number of methoxy groups -OCH3 is 2. The molecule has 0 fully saturated rings. The molecule has 6 heteroatoms. The third-order valence-corrected chi connectivity index (χ3v) is 2.22. The van der Waals surface area contributed by atoms with E-state index in [0.29, 0.717) is 17.0 Å². The molecule has 0 aliphatic heterocycles. The van der Waals surface area contributed by atoms with Crippen molar-refractivity contribution in [3.05, 3.63) is 23.8 Å². The maximum absolute atomic E-state index is 11.2. The highest BCUT2D eigenvalue weighted by Crippen LogP contribution is 2.23. The lowest BCUT2D eigenvalue weighted by Crippen LogP contribution is -2.09. The van der Waals surface area contributed by atoms with Gasteiger partial charge in [-0.15, -0.1) is 0 Å². The SMILES string of the molecule is COC(=O)CCOc1ccc(C(=O)OC)cc1N. The topological polar surface area (TPSA) is 87.8 Å². The summed E-state index contributed by atoms with van der Waals surface area (Å²) in [4.78, 5) is 22.1. The molecule has 6 nitrogen and oxygen atoms in total. The minimum absolute atomic E-state index is 0.134. The van der Waals surface area contributed by atoms with Crippen molar-refractivity contribution in [3.8, 4) is 5.75 Å². The Labute approximate surface area is 105 Å². The van der Waals surface area contributed by atoms with Gasteiger partial charge in [0.05, 0.1) is 38.5 Å². The Bertz CT molecular complexity index is 444. The van der Waals surface area contributed by atoms with E-state index in [-0.39, 0.29) is 19.0 Å². The van der Waals surface area contributed by atoms with Gasteiger partial charge in [0.15, 0.2) is 0 Å². The quantitative estimate of drug-likeness (QED) is 0.622. The predicted octanol–water partition coefficient (Wildman–Crippen LogP) is 0.997. The molecule has 0 spiro atoms. The Kier molecular flexibility index (Phi) is 4.98. The van der Waals surface area contributed by atoms with Crippen molar-refractivity contribution < 1.29 is 23.8 Å². The van der Waals surface area contributed by atoms with Crippen LogP contribution < -0.4 is 10.5 Å². The maximum Gasteiger partial charge on any atom is 0.337 e. The molecule has 1 aromatic carbocycles. The summed E-state index contributed by atoms with van der Waals surface area (Å²) in [5.41, 5.74) is 6.37. The number of hydrogen-bond donors (Lipinski definition) is 1. The number of anilines is 1. The molecular formula is C12H15NO5. The van der Waals surface area contributed by atoms with E-state index in [1.165, 1.54) is 26.4 Å². The van der Waals surface area contributed by atoms with Crippen molar-refractivity contribution in [2.24, 2.45) is 0 Å². The number of nitrogen functional groups attached to an aromatic ring is 1. The molecule has 0 aliphatic rings. The summed E-state index contributed by atoms with van der Waals surface area (Å²) in [6.45, 7) is 0.161. The molecule has 0 saturated carbocycles. The first kappa shape index (κ1) is 13.8. The molecule has 0 heterocycles. The monoisotopic (exact) mass is 253 g/mol. The molecule has 1 rings (SSSR count). The fourth-order valence-electron chi connectivity index (χ4n) is 1.27. The second-order valence-corrected chi connectivity index (χ2v) is 3.42. The highest BCUT2D eigenvalue weighted by Gasteiger charge is 2.09. The first-order chi connectivity index (χ1) is 8.58. The lowest BCUT2D eigenvalue weighted by molar-refractivity contribution is -0.141. The number of rotatable bonds is 5. The summed E-state index contributed by atoms with van der Waals surface area (Å²) in [6.07, 6.45) is 0.134. The zero-order chi connectivity index (χ0) is 13.5. The number of nitrogens with two attached hydrogens (primary N) is 1. The minimum atomic E-state index is -0.470. The highest BCUT2D eigenvalue weighted by molar-refractivity contribution is 5.90. The Morgan fingerprint density at radius 3 is 2.50 bits per heavy atom. The third-order valence-electron chi connectivity index (χ3n) is 2.22. The van der Waals surface area contributed by atoms with Crippen LogP contribution in [0.15, 0.2) is 18.2 Å². The van der Waals surface area contributed by atoms with Crippen LogP contribution in [0.25, 0.3) is 0 Å². The number of carbonyl (C=O) groups is 2. The van der Waals surface area contributed by atoms with Gasteiger partial charge >= 0.3 is 11.9 Å². The average Bonchev–Trinajstić information content (AvgIpc) is 2.39. The summed E-state index contributed by atoms with van der Waals surface area (Å²) in [7, 11) is 2.60. The van der Waals surface area contributed by atoms with E-state index >= 15 is 0 Å². The third kappa shape index (κ3) is 3.65. The zero-order valence-electron chi connectivity index (χ0n) is 10.3. The van der Waals surface area contributed by atoms with Crippen LogP contribution in [0.5, 0.6) is 5.75 Å². The van der Waals surface area contributed by atoms with Crippen molar-refractivity contribution in [1.29, 1.82) is 0 Å². The van der Waals surface area contributed by atoms with Gasteiger partial charge in [-0.1, -0.05) is 0 Å². The zero-order valence-corrected chi connectivity index (χ0v) is 10.3. The Balaban J connectivity index is 2.63. The smallest absolute Gasteiger partial charge is 0.337 e. The van der Waals surface area contributed by atoms with Gasteiger partial charge in [0.1, 0.15) is 5.75 Å². The molecule has 0 amide bonds. The van der Waals surface area contributed by atoms with Crippen LogP contribution >= 0.6 is 0 Å². The van der Waals surface area contributed by atoms with E-state index in [9.17, 15) is 9.59 Å². The van der Waals surface area contributed by atoms with Crippen LogP contribution in [0.3, 0.4) is 0 Å². The lowest BCUT2D eigenvalue weighted by atomic mass is 10.2. The minimum Gasteiger partial charge on any atom is -0.491 e. The fourth-order valence-corrected chi connectivity index (χ4v) is 1.27. The largest absolute Gasteiger partial charge is 0.491 e. The van der Waals surface area contributed by atoms with E-state index in [0.717, 1.165) is 0 Å². The second-order valence-electron chi connectivity index (χ2n) is 3.42. The molecule has 18 heavy (non-hydrogen) atoms. The van der Waals surface area contributed by atoms with Gasteiger partial charge < -0.3 is 19.9 Å². The van der Waals surface area contributed by atoms with Crippen LogP contribution in [0.1, 0.15) is 16.8 Å². The molecule has 0 atom stereocenters. The van der Waals surface area contributed by atoms with E-state index < -0.39 is 5.97 Å². The molecule has 0 bridgehead atoms. The first-order valence-corrected chi connectivity index (χ1v) is 5.26. The summed E-state index contributed by atoms with van der Waals surface area (Å²) in [5, 5.41) is 0. The van der Waals surface area contributed by atoms with Gasteiger partial charge in [-0.05, 0) is 18.2 Å². The van der Waals surface area contributed by atoms with Crippen molar-refractivity contribution >= 4 is 17.6 Å². The molecule has 0 aromatic heterocycles. The van der Waals surface area contributed by atoms with Crippen LogP contribution in [-0.4, -0.2) is 32.8 Å². The molecule has 1 aromatic rings. The van der Waals surface area contributed by atoms with Crippen molar-refractivity contribution in [3.63, 3.8) is 0 Å². The van der Waals surface area contributed by atoms with Gasteiger partial charge in [0, 0.05) is 0 Å². The molecule has 0 aliphatic carbocycles. The Hall–Kier alpha value is -2.24. The van der Waals surface area contributed by atoms with Gasteiger partial charge in [-0.2, -0.15) is 0 Å². The number of ether oxygens (including phenoxy) is 3. The molecule has 2 N–H and O–H groups in total. The van der Waals surface area contributed by atoms with Crippen molar-refractivity contribution in [1.82, 2.24) is 0 Å². The summed E-state index contributed by atoms with van der Waals surface area (Å²) >= 11 is 0. The Morgan fingerprint density at radius 2 is 1.94 bits per heavy atom. The predicted molar refractivity (Wildman–Crippen MR) is 64.3 cm³/mol. The van der Waals surface area contributed by atoms with Crippen LogP contribution in [0, 0.1) is 0 Å². The number of benzene rings is 1. The van der Waals surface area contributed by atoms with E-state index in [1.807, 2.05) is 0 Å². The molecule has 98 valence electrons. The van der Waals surface area contributed by atoms with Crippen LogP contribution in [-0.2, 0) is 14.3 Å². The molecule has 0 unspecified atom stereocenters. The number of esters is 2. The normalized spacial score (nSPS) is 9.67. The lowest BCUT2D eigenvalue weighted by Gasteiger charge is -2.09. The summed E-state index contributed by atoms with van der Waals surface area (Å²) in [6, 6.07) is 4.55. The second kappa shape index (κ2) is 6.48. The molecule has 0 saturated heterocycles. The molecular weight excluding hydrogens is 238 g/mol. The highest BCUT2D eigenvalue weighted by atomic mass is 16.5. The van der Waals surface area contributed by atoms with Crippen molar-refractivity contribution in [2.45, 2.75) is 6.42 Å². The average molecular weight is 253 g/mol. The van der Waals surface area contributed by atoms with Crippen LogP contribution in [0.2, 0.25) is 0 Å². The van der Waals surface area contributed by atoms with E-state index in [2.05, 4.69) is 9.47 Å². The summed E-state index contributed by atoms with van der Waals surface area (Å²) < 4.78 is 14.3. The first-order valence-electron chi connectivity index (χ1n) is 5.26. The summed E-state index contributed by atoms with van der Waals surface area (Å²) in [5.74, 6) is -0.422. The maximum atomic E-state index is 11.2. The number of carbonyl (C=O) groups excluding carboxylic acids is 2. The van der Waals surface area contributed by atoms with Crippen LogP contribution in [0.4, 0.5) is 5.69 Å². The van der Waals surface area contributed by atoms with Gasteiger partial charge in [-0.25, -0.2) is 4.79 Å². The molecule has 0 radical (unpaired) electrons. The fraction of sp³-hybridized carbons (Fsp3) is 0.333. The standard InChI is InChI=1S/C12H15NO5/c1-16-11(14)5-6-18-10-4-3-8(7-9(10)13)12(15)17-2/h3-4,7H,5-6,13H2,1-2H3. The van der Waals surface area contributed by atoms with E-state index in [4.69, 9.17) is 10.5 Å². The Morgan fingerprint density at radius 1 is 1.22 bits per heavy atom. The van der Waals surface area contributed by atoms with Gasteiger partial charge in [0.25, 0.3) is 0 Å². The van der Waals surface area contributed by atoms with Gasteiger partial charge in [0.2, 0.25) is 0 Å². The van der Waals surface area contributed by atoms with Crippen molar-refractivity contribution in [2.75, 3.05) is 26.6 Å².